The zero-order valence-corrected chi connectivity index (χ0v) is 11.9. The lowest BCUT2D eigenvalue weighted by molar-refractivity contribution is 0.360. The van der Waals surface area contributed by atoms with Crippen molar-refractivity contribution in [2.45, 2.75) is 58.3 Å². The van der Waals surface area contributed by atoms with Crippen LogP contribution in [-0.4, -0.2) is 0 Å². The summed E-state index contributed by atoms with van der Waals surface area (Å²) in [6, 6.07) is 8.78. The summed E-state index contributed by atoms with van der Waals surface area (Å²) in [5.74, 6) is 4.17. The normalized spacial score (nSPS) is 36.1. The first-order valence-electron chi connectivity index (χ1n) is 7.82. The molecule has 0 nitrogen and oxygen atoms in total. The van der Waals surface area contributed by atoms with Gasteiger partial charge in [0.2, 0.25) is 0 Å². The molecule has 0 spiro atoms. The maximum Gasteiger partial charge on any atom is -0.0184 e. The van der Waals surface area contributed by atoms with Gasteiger partial charge in [0.15, 0.2) is 0 Å². The maximum absolute atomic E-state index is 2.42. The van der Waals surface area contributed by atoms with Crippen LogP contribution in [0.4, 0.5) is 0 Å². The predicted molar refractivity (Wildman–Crippen MR) is 77.8 cm³/mol. The molecular formula is C18H26. The monoisotopic (exact) mass is 242 g/mol. The third-order valence-electron chi connectivity index (χ3n) is 5.52. The molecule has 2 fully saturated rings. The summed E-state index contributed by atoms with van der Waals surface area (Å²) in [6.07, 6.45) is 8.85. The highest BCUT2D eigenvalue weighted by atomic mass is 14.4. The zero-order chi connectivity index (χ0) is 12.5. The average molecular weight is 242 g/mol. The SMILES string of the molecule is CC1CC2CCC1C2.CC1CCc2ccccc21. The van der Waals surface area contributed by atoms with E-state index in [1.807, 2.05) is 0 Å². The third kappa shape index (κ3) is 2.35. The van der Waals surface area contributed by atoms with E-state index >= 15 is 0 Å². The van der Waals surface area contributed by atoms with Gasteiger partial charge in [-0.2, -0.15) is 0 Å². The largest absolute Gasteiger partial charge is 0.0622 e. The zero-order valence-electron chi connectivity index (χ0n) is 11.9. The summed E-state index contributed by atoms with van der Waals surface area (Å²) in [6.45, 7) is 4.73. The number of fused-ring (bicyclic) bond motifs is 3. The van der Waals surface area contributed by atoms with Crippen LogP contribution < -0.4 is 0 Å². The molecule has 1 aromatic rings. The summed E-state index contributed by atoms with van der Waals surface area (Å²) in [5, 5.41) is 0. The van der Waals surface area contributed by atoms with Gasteiger partial charge in [-0.1, -0.05) is 44.5 Å². The minimum atomic E-state index is 0.802. The first-order chi connectivity index (χ1) is 8.74. The lowest BCUT2D eigenvalue weighted by Gasteiger charge is -2.15. The van der Waals surface area contributed by atoms with Crippen LogP contribution in [0.1, 0.15) is 63.0 Å². The molecule has 0 aromatic heterocycles. The third-order valence-corrected chi connectivity index (χ3v) is 5.52. The fraction of sp³-hybridized carbons (Fsp3) is 0.667. The lowest BCUT2D eigenvalue weighted by Crippen LogP contribution is -2.04. The van der Waals surface area contributed by atoms with E-state index in [0.717, 1.165) is 23.7 Å². The van der Waals surface area contributed by atoms with E-state index < -0.39 is 0 Å². The van der Waals surface area contributed by atoms with Crippen molar-refractivity contribution in [2.24, 2.45) is 17.8 Å². The summed E-state index contributed by atoms with van der Waals surface area (Å²) < 4.78 is 0. The fourth-order valence-corrected chi connectivity index (χ4v) is 4.33. The van der Waals surface area contributed by atoms with Gasteiger partial charge >= 0.3 is 0 Å². The Morgan fingerprint density at radius 2 is 1.78 bits per heavy atom. The van der Waals surface area contributed by atoms with Crippen LogP contribution in [0.2, 0.25) is 0 Å². The van der Waals surface area contributed by atoms with E-state index in [-0.39, 0.29) is 0 Å². The number of aryl methyl sites for hydroxylation is 1. The van der Waals surface area contributed by atoms with E-state index in [1.54, 1.807) is 36.8 Å². The molecule has 4 unspecified atom stereocenters. The standard InChI is InChI=1S/C10H12.C8H14/c1-8-6-7-9-4-2-3-5-10(8)9;1-6-4-7-2-3-8(6)5-7/h2-5,8H,6-7H2,1H3;6-8H,2-5H2,1H3. The summed E-state index contributed by atoms with van der Waals surface area (Å²) in [5.41, 5.74) is 3.14. The first-order valence-corrected chi connectivity index (χ1v) is 7.82. The molecular weight excluding hydrogens is 216 g/mol. The highest BCUT2D eigenvalue weighted by molar-refractivity contribution is 5.33. The van der Waals surface area contributed by atoms with Crippen molar-refractivity contribution in [1.29, 1.82) is 0 Å². The molecule has 0 aliphatic heterocycles. The molecule has 4 rings (SSSR count). The van der Waals surface area contributed by atoms with Gasteiger partial charge in [0.25, 0.3) is 0 Å². The van der Waals surface area contributed by atoms with E-state index in [9.17, 15) is 0 Å². The quantitative estimate of drug-likeness (QED) is 0.588. The lowest BCUT2D eigenvalue weighted by atomic mass is 9.91. The van der Waals surface area contributed by atoms with Crippen molar-refractivity contribution in [3.63, 3.8) is 0 Å². The van der Waals surface area contributed by atoms with E-state index in [2.05, 4.69) is 38.1 Å². The van der Waals surface area contributed by atoms with Gasteiger partial charge in [0, 0.05) is 0 Å². The Balaban J connectivity index is 0.000000114. The Morgan fingerprint density at radius 1 is 0.944 bits per heavy atom. The summed E-state index contributed by atoms with van der Waals surface area (Å²) in [7, 11) is 0. The molecule has 2 bridgehead atoms. The number of rotatable bonds is 0. The second kappa shape index (κ2) is 5.07. The molecule has 0 heteroatoms. The van der Waals surface area contributed by atoms with Gasteiger partial charge in [-0.05, 0) is 66.9 Å². The number of hydrogen-bond acceptors (Lipinski definition) is 0. The van der Waals surface area contributed by atoms with Crippen LogP contribution in [0.5, 0.6) is 0 Å². The van der Waals surface area contributed by atoms with Crippen LogP contribution in [0.15, 0.2) is 24.3 Å². The van der Waals surface area contributed by atoms with Crippen molar-refractivity contribution in [1.82, 2.24) is 0 Å². The van der Waals surface area contributed by atoms with E-state index in [0.29, 0.717) is 0 Å². The van der Waals surface area contributed by atoms with Gasteiger partial charge in [-0.15, -0.1) is 0 Å². The Morgan fingerprint density at radius 3 is 2.33 bits per heavy atom. The summed E-state index contributed by atoms with van der Waals surface area (Å²) >= 11 is 0. The predicted octanol–water partition coefficient (Wildman–Crippen LogP) is 5.18. The molecule has 0 N–H and O–H groups in total. The molecule has 1 aromatic carbocycles. The Hall–Kier alpha value is -0.780. The Kier molecular flexibility index (Phi) is 3.46. The van der Waals surface area contributed by atoms with Gasteiger partial charge < -0.3 is 0 Å². The van der Waals surface area contributed by atoms with Gasteiger partial charge in [0.1, 0.15) is 0 Å². The molecule has 18 heavy (non-hydrogen) atoms. The second-order valence-corrected chi connectivity index (χ2v) is 6.79. The van der Waals surface area contributed by atoms with Crippen LogP contribution in [-0.2, 0) is 6.42 Å². The maximum atomic E-state index is 2.42. The molecule has 0 amide bonds. The van der Waals surface area contributed by atoms with Gasteiger partial charge in [-0.3, -0.25) is 0 Å². The minimum Gasteiger partial charge on any atom is -0.0622 e. The smallest absolute Gasteiger partial charge is 0.0184 e. The minimum absolute atomic E-state index is 0.802. The van der Waals surface area contributed by atoms with E-state index in [1.165, 1.54) is 12.8 Å². The Labute approximate surface area is 112 Å². The topological polar surface area (TPSA) is 0 Å². The molecule has 0 heterocycles. The molecule has 2 saturated carbocycles. The number of benzene rings is 1. The molecule has 0 radical (unpaired) electrons. The highest BCUT2D eigenvalue weighted by Gasteiger charge is 2.36. The second-order valence-electron chi connectivity index (χ2n) is 6.79. The van der Waals surface area contributed by atoms with Crippen molar-refractivity contribution >= 4 is 0 Å². The first kappa shape index (κ1) is 12.3. The van der Waals surface area contributed by atoms with E-state index in [4.69, 9.17) is 0 Å². The van der Waals surface area contributed by atoms with Crippen LogP contribution >= 0.6 is 0 Å². The van der Waals surface area contributed by atoms with Crippen molar-refractivity contribution in [3.8, 4) is 0 Å². The summed E-state index contributed by atoms with van der Waals surface area (Å²) in [4.78, 5) is 0. The molecule has 4 atom stereocenters. The molecule has 0 saturated heterocycles. The van der Waals surface area contributed by atoms with Gasteiger partial charge in [-0.25, -0.2) is 0 Å². The highest BCUT2D eigenvalue weighted by Crippen LogP contribution is 2.47. The van der Waals surface area contributed by atoms with Crippen molar-refractivity contribution < 1.29 is 0 Å². The van der Waals surface area contributed by atoms with Crippen LogP contribution in [0.3, 0.4) is 0 Å². The molecule has 3 aliphatic carbocycles. The Bertz CT molecular complexity index is 404. The fourth-order valence-electron chi connectivity index (χ4n) is 4.33. The van der Waals surface area contributed by atoms with Crippen LogP contribution in [0.25, 0.3) is 0 Å². The average Bonchev–Trinajstić information content (AvgIpc) is 3.07. The number of hydrogen-bond donors (Lipinski definition) is 0. The van der Waals surface area contributed by atoms with Crippen molar-refractivity contribution in [2.75, 3.05) is 0 Å². The molecule has 98 valence electrons. The van der Waals surface area contributed by atoms with Gasteiger partial charge in [0.05, 0.1) is 0 Å². The van der Waals surface area contributed by atoms with Crippen molar-refractivity contribution in [3.05, 3.63) is 35.4 Å². The molecule has 3 aliphatic rings. The van der Waals surface area contributed by atoms with Crippen LogP contribution in [0, 0.1) is 17.8 Å².